The molecule has 0 fully saturated rings. The van der Waals surface area contributed by atoms with Gasteiger partial charge in [-0.1, -0.05) is 35.9 Å². The Morgan fingerprint density at radius 1 is 1.18 bits per heavy atom. The minimum atomic E-state index is -1.12. The number of fused-ring (bicyclic) bond motifs is 1. The summed E-state index contributed by atoms with van der Waals surface area (Å²) in [6, 6.07) is 10.5. The van der Waals surface area contributed by atoms with E-state index in [-0.39, 0.29) is 22.8 Å². The molecule has 3 aromatic rings. The van der Waals surface area contributed by atoms with Crippen molar-refractivity contribution in [3.05, 3.63) is 75.0 Å². The summed E-state index contributed by atoms with van der Waals surface area (Å²) in [7, 11) is 0. The molecule has 1 unspecified atom stereocenters. The van der Waals surface area contributed by atoms with E-state index < -0.39 is 23.5 Å². The van der Waals surface area contributed by atoms with Crippen LogP contribution in [0.25, 0.3) is 11.1 Å². The van der Waals surface area contributed by atoms with Crippen molar-refractivity contribution in [2.24, 2.45) is 0 Å². The van der Waals surface area contributed by atoms with Crippen molar-refractivity contribution < 1.29 is 23.5 Å². The lowest BCUT2D eigenvalue weighted by atomic mass is 9.88. The lowest BCUT2D eigenvalue weighted by molar-refractivity contribution is -0.116. The molecule has 0 radical (unpaired) electrons. The van der Waals surface area contributed by atoms with Crippen molar-refractivity contribution in [1.29, 1.82) is 0 Å². The van der Waals surface area contributed by atoms with Gasteiger partial charge >= 0.3 is 5.97 Å². The third-order valence-corrected chi connectivity index (χ3v) is 6.07. The van der Waals surface area contributed by atoms with Gasteiger partial charge in [0.05, 0.1) is 5.69 Å². The molecule has 28 heavy (non-hydrogen) atoms. The molecule has 2 N–H and O–H groups in total. The zero-order chi connectivity index (χ0) is 20.0. The maximum absolute atomic E-state index is 14.4. The first-order valence-electron chi connectivity index (χ1n) is 8.57. The van der Waals surface area contributed by atoms with Gasteiger partial charge in [-0.3, -0.25) is 4.79 Å². The fraction of sp³-hybridized carbons (Fsp3) is 0.143. The molecule has 4 rings (SSSR count). The average Bonchev–Trinajstić information content (AvgIpc) is 3.01. The molecule has 1 aliphatic heterocycles. The van der Waals surface area contributed by atoms with Crippen LogP contribution in [-0.2, 0) is 4.79 Å². The summed E-state index contributed by atoms with van der Waals surface area (Å²) in [4.78, 5) is 24.9. The van der Waals surface area contributed by atoms with Gasteiger partial charge in [0, 0.05) is 28.8 Å². The highest BCUT2D eigenvalue weighted by atomic mass is 32.1. The number of carbonyl (C=O) groups is 2. The summed E-state index contributed by atoms with van der Waals surface area (Å²) in [6.45, 7) is 1.92. The van der Waals surface area contributed by atoms with E-state index in [2.05, 4.69) is 5.32 Å². The Kier molecular flexibility index (Phi) is 4.47. The molecule has 7 heteroatoms. The smallest absolute Gasteiger partial charge is 0.346 e. The van der Waals surface area contributed by atoms with Crippen LogP contribution in [0.3, 0.4) is 0 Å². The van der Waals surface area contributed by atoms with E-state index in [9.17, 15) is 23.5 Å². The quantitative estimate of drug-likeness (QED) is 0.638. The number of aromatic carboxylic acids is 1. The SMILES string of the molecule is Cc1ccc(-c2c(C(=O)O)sc3c2NC(=O)CC3c2ccc(F)cc2F)cc1. The minimum absolute atomic E-state index is 0.0392. The summed E-state index contributed by atoms with van der Waals surface area (Å²) >= 11 is 1.01. The van der Waals surface area contributed by atoms with Crippen molar-refractivity contribution in [3.63, 3.8) is 0 Å². The fourth-order valence-corrected chi connectivity index (χ4v) is 4.71. The number of benzene rings is 2. The van der Waals surface area contributed by atoms with Crippen molar-refractivity contribution in [2.45, 2.75) is 19.3 Å². The third-order valence-electron chi connectivity index (χ3n) is 4.78. The topological polar surface area (TPSA) is 66.4 Å². The van der Waals surface area contributed by atoms with Gasteiger partial charge in [-0.2, -0.15) is 0 Å². The Balaban J connectivity index is 1.94. The molecule has 1 aromatic heterocycles. The number of hydrogen-bond donors (Lipinski definition) is 2. The van der Waals surface area contributed by atoms with E-state index in [0.717, 1.165) is 29.0 Å². The predicted molar refractivity (Wildman–Crippen MR) is 103 cm³/mol. The fourth-order valence-electron chi connectivity index (χ4n) is 3.47. The molecule has 1 amide bonds. The molecule has 0 saturated heterocycles. The molecule has 1 atom stereocenters. The van der Waals surface area contributed by atoms with E-state index in [1.807, 2.05) is 19.1 Å². The van der Waals surface area contributed by atoms with Crippen molar-refractivity contribution in [1.82, 2.24) is 0 Å². The predicted octanol–water partition coefficient (Wildman–Crippen LogP) is 5.17. The number of hydrogen-bond acceptors (Lipinski definition) is 3. The van der Waals surface area contributed by atoms with Crippen LogP contribution in [0, 0.1) is 18.6 Å². The van der Waals surface area contributed by atoms with Crippen LogP contribution in [-0.4, -0.2) is 17.0 Å². The number of carboxylic acid groups (broad SMARTS) is 1. The Bertz CT molecular complexity index is 1110. The molecular weight excluding hydrogens is 384 g/mol. The van der Waals surface area contributed by atoms with Gasteiger partial charge in [0.25, 0.3) is 0 Å². The minimum Gasteiger partial charge on any atom is -0.477 e. The van der Waals surface area contributed by atoms with Crippen molar-refractivity contribution in [3.8, 4) is 11.1 Å². The van der Waals surface area contributed by atoms with Crippen LogP contribution in [0.5, 0.6) is 0 Å². The van der Waals surface area contributed by atoms with Gasteiger partial charge in [0.15, 0.2) is 0 Å². The Labute approximate surface area is 163 Å². The first-order chi connectivity index (χ1) is 13.3. The molecule has 2 aromatic carbocycles. The van der Waals surface area contributed by atoms with Gasteiger partial charge < -0.3 is 10.4 Å². The van der Waals surface area contributed by atoms with Crippen LogP contribution < -0.4 is 5.32 Å². The second-order valence-electron chi connectivity index (χ2n) is 6.69. The second kappa shape index (κ2) is 6.83. The lowest BCUT2D eigenvalue weighted by Gasteiger charge is -2.24. The van der Waals surface area contributed by atoms with Crippen LogP contribution in [0.1, 0.15) is 38.0 Å². The Morgan fingerprint density at radius 3 is 2.54 bits per heavy atom. The van der Waals surface area contributed by atoms with Gasteiger partial charge in [-0.15, -0.1) is 11.3 Å². The number of nitrogens with one attached hydrogen (secondary N) is 1. The van der Waals surface area contributed by atoms with E-state index in [1.54, 1.807) is 12.1 Å². The van der Waals surface area contributed by atoms with Crippen LogP contribution in [0.15, 0.2) is 42.5 Å². The molecule has 0 saturated carbocycles. The maximum atomic E-state index is 14.4. The molecular formula is C21H15F2NO3S. The number of aryl methyl sites for hydroxylation is 1. The second-order valence-corrected chi connectivity index (χ2v) is 7.74. The first-order valence-corrected chi connectivity index (χ1v) is 9.38. The summed E-state index contributed by atoms with van der Waals surface area (Å²) in [5, 5.41) is 12.5. The number of carboxylic acids is 1. The van der Waals surface area contributed by atoms with Crippen molar-refractivity contribution >= 4 is 28.9 Å². The van der Waals surface area contributed by atoms with E-state index in [0.29, 0.717) is 21.7 Å². The number of carbonyl (C=O) groups excluding carboxylic acids is 1. The van der Waals surface area contributed by atoms with Gasteiger partial charge in [0.1, 0.15) is 16.5 Å². The normalized spacial score (nSPS) is 15.8. The van der Waals surface area contributed by atoms with Crippen LogP contribution in [0.2, 0.25) is 0 Å². The molecule has 0 spiro atoms. The zero-order valence-corrected chi connectivity index (χ0v) is 15.6. The highest BCUT2D eigenvalue weighted by molar-refractivity contribution is 7.15. The molecule has 0 bridgehead atoms. The summed E-state index contributed by atoms with van der Waals surface area (Å²) in [5.41, 5.74) is 2.64. The van der Waals surface area contributed by atoms with Gasteiger partial charge in [-0.25, -0.2) is 13.6 Å². The summed E-state index contributed by atoms with van der Waals surface area (Å²) in [5.74, 6) is -3.61. The number of rotatable bonds is 3. The average molecular weight is 399 g/mol. The van der Waals surface area contributed by atoms with E-state index in [4.69, 9.17) is 0 Å². The van der Waals surface area contributed by atoms with Crippen LogP contribution in [0.4, 0.5) is 14.5 Å². The number of amides is 1. The molecule has 2 heterocycles. The van der Waals surface area contributed by atoms with E-state index >= 15 is 0 Å². The number of anilines is 1. The van der Waals surface area contributed by atoms with Gasteiger partial charge in [0.2, 0.25) is 5.91 Å². The molecule has 1 aliphatic rings. The maximum Gasteiger partial charge on any atom is 0.346 e. The number of thiophene rings is 1. The van der Waals surface area contributed by atoms with Crippen molar-refractivity contribution in [2.75, 3.05) is 5.32 Å². The summed E-state index contributed by atoms with van der Waals surface area (Å²) in [6.07, 6.45) is -0.0392. The number of halogens is 2. The van der Waals surface area contributed by atoms with E-state index in [1.165, 1.54) is 6.07 Å². The molecule has 142 valence electrons. The largest absolute Gasteiger partial charge is 0.477 e. The van der Waals surface area contributed by atoms with Crippen LogP contribution >= 0.6 is 11.3 Å². The Hall–Kier alpha value is -3.06. The molecule has 0 aliphatic carbocycles. The standard InChI is InChI=1S/C21H15F2NO3S/c1-10-2-4-11(5-3-10)17-18-19(28-20(17)21(26)27)14(9-16(25)24-18)13-7-6-12(22)8-15(13)23/h2-8,14H,9H2,1H3,(H,24,25)(H,26,27). The highest BCUT2D eigenvalue weighted by Gasteiger charge is 2.35. The third kappa shape index (κ3) is 3.07. The zero-order valence-electron chi connectivity index (χ0n) is 14.8. The van der Waals surface area contributed by atoms with Gasteiger partial charge in [-0.05, 0) is 24.1 Å². The highest BCUT2D eigenvalue weighted by Crippen LogP contribution is 2.49. The molecule has 4 nitrogen and oxygen atoms in total. The summed E-state index contributed by atoms with van der Waals surface area (Å²) < 4.78 is 27.7. The first kappa shape index (κ1) is 18.3. The lowest BCUT2D eigenvalue weighted by Crippen LogP contribution is -2.23. The monoisotopic (exact) mass is 399 g/mol. The Morgan fingerprint density at radius 2 is 1.89 bits per heavy atom.